The van der Waals surface area contributed by atoms with Gasteiger partial charge in [0.05, 0.1) is 26.2 Å². The zero-order valence-corrected chi connectivity index (χ0v) is 14.3. The molecule has 0 rings (SSSR count). The van der Waals surface area contributed by atoms with Crippen LogP contribution in [0.2, 0.25) is 0 Å². The molecule has 0 amide bonds. The van der Waals surface area contributed by atoms with E-state index in [4.69, 9.17) is 9.90 Å². The molecule has 0 aromatic heterocycles. The lowest BCUT2D eigenvalue weighted by molar-refractivity contribution is -0.929. The molecular formula is C17H37NO2+. The first-order chi connectivity index (χ1) is 9.66. The summed E-state index contributed by atoms with van der Waals surface area (Å²) in [5.74, 6) is 0. The van der Waals surface area contributed by atoms with Crippen LogP contribution in [0.1, 0.15) is 79.1 Å². The monoisotopic (exact) mass is 287 g/mol. The van der Waals surface area contributed by atoms with Gasteiger partial charge >= 0.3 is 6.47 Å². The van der Waals surface area contributed by atoms with Crippen molar-refractivity contribution in [2.45, 2.75) is 79.1 Å². The van der Waals surface area contributed by atoms with Gasteiger partial charge in [0, 0.05) is 0 Å². The Morgan fingerprint density at radius 3 is 1.05 bits per heavy atom. The van der Waals surface area contributed by atoms with Crippen molar-refractivity contribution in [3.05, 3.63) is 0 Å². The number of rotatable bonds is 12. The molecule has 0 heterocycles. The van der Waals surface area contributed by atoms with Crippen LogP contribution in [0.4, 0.5) is 0 Å². The zero-order valence-electron chi connectivity index (χ0n) is 14.3. The molecule has 0 atom stereocenters. The van der Waals surface area contributed by atoms with Crippen LogP contribution in [-0.4, -0.2) is 42.2 Å². The summed E-state index contributed by atoms with van der Waals surface area (Å²) in [6.45, 7) is 15.5. The Labute approximate surface area is 127 Å². The van der Waals surface area contributed by atoms with Crippen molar-refractivity contribution in [1.29, 1.82) is 0 Å². The van der Waals surface area contributed by atoms with E-state index in [0.717, 1.165) is 0 Å². The molecule has 0 spiro atoms. The minimum absolute atomic E-state index is 0.500. The van der Waals surface area contributed by atoms with E-state index >= 15 is 0 Å². The molecule has 121 valence electrons. The van der Waals surface area contributed by atoms with Crippen LogP contribution in [0.25, 0.3) is 0 Å². The number of hydrogen-bond donors (Lipinski definition) is 1. The summed E-state index contributed by atoms with van der Waals surface area (Å²) in [7, 11) is 0. The Hall–Kier alpha value is -0.570. The minimum atomic E-state index is 0.500. The third-order valence-electron chi connectivity index (χ3n) is 3.94. The summed E-state index contributed by atoms with van der Waals surface area (Å²) >= 11 is 0. The van der Waals surface area contributed by atoms with Crippen molar-refractivity contribution < 1.29 is 14.4 Å². The number of hydrogen-bond acceptors (Lipinski definition) is 1. The maximum Gasteiger partial charge on any atom is 0.414 e. The molecule has 0 aromatic rings. The summed E-state index contributed by atoms with van der Waals surface area (Å²) in [5, 5.41) is 6.76. The van der Waals surface area contributed by atoms with Gasteiger partial charge < -0.3 is 9.59 Å². The molecule has 0 saturated carbocycles. The molecule has 0 bridgehead atoms. The van der Waals surface area contributed by atoms with Crippen LogP contribution < -0.4 is 0 Å². The van der Waals surface area contributed by atoms with Gasteiger partial charge in [0.2, 0.25) is 0 Å². The molecule has 0 aliphatic heterocycles. The first-order valence-corrected chi connectivity index (χ1v) is 8.52. The first kappa shape index (κ1) is 21.7. The van der Waals surface area contributed by atoms with Crippen LogP contribution in [-0.2, 0) is 4.79 Å². The van der Waals surface area contributed by atoms with Crippen molar-refractivity contribution in [1.82, 2.24) is 0 Å². The molecule has 1 radical (unpaired) electrons. The summed E-state index contributed by atoms with van der Waals surface area (Å²) in [5.41, 5.74) is 0. The van der Waals surface area contributed by atoms with Gasteiger partial charge in [0.15, 0.2) is 0 Å². The van der Waals surface area contributed by atoms with Gasteiger partial charge in [0.1, 0.15) is 0 Å². The smallest absolute Gasteiger partial charge is 0.414 e. The molecule has 3 heteroatoms. The van der Waals surface area contributed by atoms with E-state index in [9.17, 15) is 0 Å². The molecule has 0 aliphatic rings. The predicted octanol–water partition coefficient (Wildman–Crippen LogP) is 4.62. The van der Waals surface area contributed by atoms with E-state index in [-0.39, 0.29) is 0 Å². The van der Waals surface area contributed by atoms with Crippen LogP contribution in [0.3, 0.4) is 0 Å². The zero-order chi connectivity index (χ0) is 15.7. The Morgan fingerprint density at radius 2 is 0.900 bits per heavy atom. The SMILES string of the molecule is CCCC[N+](CCCC)(CCCC)CCCC.O=[C]O. The minimum Gasteiger partial charge on any atom is -0.473 e. The molecule has 0 aromatic carbocycles. The second kappa shape index (κ2) is 16.5. The highest BCUT2D eigenvalue weighted by Crippen LogP contribution is 2.16. The Kier molecular flexibility index (Phi) is 17.9. The summed E-state index contributed by atoms with van der Waals surface area (Å²) in [4.78, 5) is 8.24. The van der Waals surface area contributed by atoms with Crippen LogP contribution in [0.15, 0.2) is 0 Å². The predicted molar refractivity (Wildman–Crippen MR) is 87.7 cm³/mol. The number of quaternary nitrogens is 1. The maximum atomic E-state index is 8.24. The first-order valence-electron chi connectivity index (χ1n) is 8.52. The fourth-order valence-electron chi connectivity index (χ4n) is 2.64. The van der Waals surface area contributed by atoms with Gasteiger partial charge in [-0.2, -0.15) is 0 Å². The van der Waals surface area contributed by atoms with Crippen LogP contribution in [0, 0.1) is 0 Å². The highest BCUT2D eigenvalue weighted by Gasteiger charge is 2.24. The van der Waals surface area contributed by atoms with Crippen molar-refractivity contribution in [2.75, 3.05) is 26.2 Å². The van der Waals surface area contributed by atoms with E-state index < -0.39 is 0 Å². The molecule has 0 fully saturated rings. The van der Waals surface area contributed by atoms with E-state index in [1.54, 1.807) is 0 Å². The largest absolute Gasteiger partial charge is 0.473 e. The quantitative estimate of drug-likeness (QED) is 0.532. The topological polar surface area (TPSA) is 37.3 Å². The van der Waals surface area contributed by atoms with Crippen LogP contribution in [0.5, 0.6) is 0 Å². The molecule has 1 N–H and O–H groups in total. The maximum absolute atomic E-state index is 8.24. The average Bonchev–Trinajstić information content (AvgIpc) is 2.46. The van der Waals surface area contributed by atoms with Crippen molar-refractivity contribution >= 4 is 6.47 Å². The van der Waals surface area contributed by atoms with E-state index in [1.165, 1.54) is 82.0 Å². The third-order valence-corrected chi connectivity index (χ3v) is 3.94. The number of nitrogens with zero attached hydrogens (tertiary/aromatic N) is 1. The van der Waals surface area contributed by atoms with E-state index in [1.807, 2.05) is 0 Å². The van der Waals surface area contributed by atoms with Gasteiger partial charge in [-0.3, -0.25) is 0 Å². The fourth-order valence-corrected chi connectivity index (χ4v) is 2.64. The van der Waals surface area contributed by atoms with E-state index in [2.05, 4.69) is 27.7 Å². The Bertz CT molecular complexity index is 158. The summed E-state index contributed by atoms with van der Waals surface area (Å²) in [6.07, 6.45) is 11.1. The third kappa shape index (κ3) is 12.5. The molecule has 0 unspecified atom stereocenters. The van der Waals surface area contributed by atoms with Gasteiger partial charge in [-0.05, 0) is 25.7 Å². The van der Waals surface area contributed by atoms with Gasteiger partial charge in [-0.1, -0.05) is 53.4 Å². The average molecular weight is 287 g/mol. The van der Waals surface area contributed by atoms with Gasteiger partial charge in [-0.25, -0.2) is 4.79 Å². The summed E-state index contributed by atoms with van der Waals surface area (Å²) < 4.78 is 1.42. The van der Waals surface area contributed by atoms with Gasteiger partial charge in [0.25, 0.3) is 0 Å². The number of aliphatic hydroxyl groups excluding tert-OH is 1. The lowest BCUT2D eigenvalue weighted by atomic mass is 10.1. The highest BCUT2D eigenvalue weighted by molar-refractivity contribution is 5.34. The fraction of sp³-hybridized carbons (Fsp3) is 0.941. The second-order valence-electron chi connectivity index (χ2n) is 5.74. The lowest BCUT2D eigenvalue weighted by Gasteiger charge is -2.39. The Morgan fingerprint density at radius 1 is 0.700 bits per heavy atom. The standard InChI is InChI=1S/C16H36N.CHO2/c1-5-9-13-17(14-10-6-2,15-11-7-3)16-12-8-4;2-1-3/h5-16H2,1-4H3;(H,2,3)/q+1;. The van der Waals surface area contributed by atoms with Gasteiger partial charge in [-0.15, -0.1) is 0 Å². The summed E-state index contributed by atoms with van der Waals surface area (Å²) in [6, 6.07) is 0. The Balaban J connectivity index is 0. The molecule has 20 heavy (non-hydrogen) atoms. The van der Waals surface area contributed by atoms with E-state index in [0.29, 0.717) is 6.47 Å². The second-order valence-corrected chi connectivity index (χ2v) is 5.74. The van der Waals surface area contributed by atoms with Crippen molar-refractivity contribution in [3.8, 4) is 0 Å². The molecule has 0 saturated heterocycles. The van der Waals surface area contributed by atoms with Crippen molar-refractivity contribution in [2.24, 2.45) is 0 Å². The molecule has 0 aliphatic carbocycles. The highest BCUT2D eigenvalue weighted by atomic mass is 16.3. The molecular weight excluding hydrogens is 250 g/mol. The molecule has 3 nitrogen and oxygen atoms in total. The normalized spacial score (nSPS) is 10.8. The lowest BCUT2D eigenvalue weighted by Crippen LogP contribution is -2.50. The van der Waals surface area contributed by atoms with Crippen LogP contribution >= 0.6 is 0 Å². The number of unbranched alkanes of at least 4 members (excludes halogenated alkanes) is 4. The van der Waals surface area contributed by atoms with Crippen molar-refractivity contribution in [3.63, 3.8) is 0 Å².